The molecule has 1 saturated carbocycles. The van der Waals surface area contributed by atoms with Gasteiger partial charge in [0.2, 0.25) is 0 Å². The Morgan fingerprint density at radius 3 is 2.71 bits per heavy atom. The largest absolute Gasteiger partial charge is 0.493 e. The van der Waals surface area contributed by atoms with Gasteiger partial charge in [0.25, 0.3) is 0 Å². The van der Waals surface area contributed by atoms with E-state index in [-0.39, 0.29) is 0 Å². The normalized spacial score (nSPS) is 17.1. The molecule has 1 fully saturated rings. The summed E-state index contributed by atoms with van der Waals surface area (Å²) in [4.78, 5) is 0. The predicted molar refractivity (Wildman–Crippen MR) is 74.1 cm³/mol. The molecule has 3 heteroatoms. The van der Waals surface area contributed by atoms with E-state index < -0.39 is 0 Å². The van der Waals surface area contributed by atoms with Crippen molar-refractivity contribution < 1.29 is 4.74 Å². The number of hydrogen-bond donors (Lipinski definition) is 1. The molecule has 0 atom stereocenters. The Hall–Kier alpha value is -0.540. The molecule has 2 N–H and O–H groups in total. The van der Waals surface area contributed by atoms with Gasteiger partial charge in [-0.1, -0.05) is 35.2 Å². The van der Waals surface area contributed by atoms with Crippen molar-refractivity contribution in [1.29, 1.82) is 0 Å². The van der Waals surface area contributed by atoms with Gasteiger partial charge < -0.3 is 10.5 Å². The van der Waals surface area contributed by atoms with Crippen LogP contribution in [-0.4, -0.2) is 6.61 Å². The zero-order valence-electron chi connectivity index (χ0n) is 10.1. The van der Waals surface area contributed by atoms with Crippen LogP contribution in [0.1, 0.15) is 37.7 Å². The molecule has 0 radical (unpaired) electrons. The molecule has 0 heterocycles. The van der Waals surface area contributed by atoms with Gasteiger partial charge in [-0.3, -0.25) is 0 Å². The van der Waals surface area contributed by atoms with Crippen LogP contribution in [0.15, 0.2) is 22.7 Å². The molecule has 0 aromatic heterocycles. The maximum Gasteiger partial charge on any atom is 0.119 e. The van der Waals surface area contributed by atoms with Gasteiger partial charge >= 0.3 is 0 Å². The highest BCUT2D eigenvalue weighted by molar-refractivity contribution is 9.10. The number of halogens is 1. The summed E-state index contributed by atoms with van der Waals surface area (Å²) in [6.45, 7) is 1.40. The fourth-order valence-electron chi connectivity index (χ4n) is 2.37. The molecule has 1 aliphatic rings. The number of hydrogen-bond acceptors (Lipinski definition) is 2. The van der Waals surface area contributed by atoms with Crippen LogP contribution in [0, 0.1) is 5.92 Å². The number of benzene rings is 1. The standard InChI is InChI=1S/C14H20BrNO/c15-14-7-6-13(8-12(14)9-16)17-10-11-4-2-1-3-5-11/h6-8,11H,1-5,9-10,16H2. The molecule has 1 aromatic carbocycles. The zero-order chi connectivity index (χ0) is 12.1. The molecule has 94 valence electrons. The number of rotatable bonds is 4. The van der Waals surface area contributed by atoms with Crippen molar-refractivity contribution in [3.05, 3.63) is 28.2 Å². The van der Waals surface area contributed by atoms with Crippen LogP contribution in [0.2, 0.25) is 0 Å². The molecule has 0 spiro atoms. The van der Waals surface area contributed by atoms with Gasteiger partial charge in [0.15, 0.2) is 0 Å². The topological polar surface area (TPSA) is 35.2 Å². The van der Waals surface area contributed by atoms with E-state index in [1.807, 2.05) is 18.2 Å². The van der Waals surface area contributed by atoms with Gasteiger partial charge in [0, 0.05) is 11.0 Å². The summed E-state index contributed by atoms with van der Waals surface area (Å²) in [5, 5.41) is 0. The molecule has 0 unspecified atom stereocenters. The Labute approximate surface area is 112 Å². The second-order valence-electron chi connectivity index (χ2n) is 4.77. The average Bonchev–Trinajstić information content (AvgIpc) is 2.39. The van der Waals surface area contributed by atoms with Gasteiger partial charge in [0.05, 0.1) is 6.61 Å². The second-order valence-corrected chi connectivity index (χ2v) is 5.63. The van der Waals surface area contributed by atoms with E-state index in [1.54, 1.807) is 0 Å². The van der Waals surface area contributed by atoms with E-state index in [4.69, 9.17) is 10.5 Å². The van der Waals surface area contributed by atoms with Crippen LogP contribution in [-0.2, 0) is 6.54 Å². The van der Waals surface area contributed by atoms with Crippen molar-refractivity contribution in [2.24, 2.45) is 11.7 Å². The lowest BCUT2D eigenvalue weighted by Gasteiger charge is -2.21. The molecule has 2 nitrogen and oxygen atoms in total. The molecule has 0 bridgehead atoms. The summed E-state index contributed by atoms with van der Waals surface area (Å²) in [7, 11) is 0. The van der Waals surface area contributed by atoms with Crippen molar-refractivity contribution in [3.63, 3.8) is 0 Å². The summed E-state index contributed by atoms with van der Waals surface area (Å²) >= 11 is 3.48. The van der Waals surface area contributed by atoms with Crippen LogP contribution < -0.4 is 10.5 Å². The Kier molecular flexibility index (Phi) is 4.86. The van der Waals surface area contributed by atoms with E-state index in [0.717, 1.165) is 28.3 Å². The minimum atomic E-state index is 0.543. The lowest BCUT2D eigenvalue weighted by atomic mass is 9.90. The van der Waals surface area contributed by atoms with Gasteiger partial charge in [-0.2, -0.15) is 0 Å². The highest BCUT2D eigenvalue weighted by Gasteiger charge is 2.14. The Morgan fingerprint density at radius 2 is 2.00 bits per heavy atom. The molecule has 0 saturated heterocycles. The van der Waals surface area contributed by atoms with Gasteiger partial charge in [-0.25, -0.2) is 0 Å². The van der Waals surface area contributed by atoms with E-state index in [9.17, 15) is 0 Å². The summed E-state index contributed by atoms with van der Waals surface area (Å²) < 4.78 is 6.93. The van der Waals surface area contributed by atoms with E-state index in [1.165, 1.54) is 32.1 Å². The lowest BCUT2D eigenvalue weighted by molar-refractivity contribution is 0.208. The van der Waals surface area contributed by atoms with Crippen molar-refractivity contribution >= 4 is 15.9 Å². The van der Waals surface area contributed by atoms with Gasteiger partial charge in [0.1, 0.15) is 5.75 Å². The maximum atomic E-state index is 5.87. The van der Waals surface area contributed by atoms with Crippen LogP contribution >= 0.6 is 15.9 Å². The molecular formula is C14H20BrNO. The van der Waals surface area contributed by atoms with Crippen molar-refractivity contribution in [3.8, 4) is 5.75 Å². The first-order chi connectivity index (χ1) is 8.29. The molecule has 1 aliphatic carbocycles. The summed E-state index contributed by atoms with van der Waals surface area (Å²) in [6.07, 6.45) is 6.76. The monoisotopic (exact) mass is 297 g/mol. The zero-order valence-corrected chi connectivity index (χ0v) is 11.7. The summed E-state index contributed by atoms with van der Waals surface area (Å²) in [5.74, 6) is 1.69. The predicted octanol–water partition coefficient (Wildman–Crippen LogP) is 3.87. The van der Waals surface area contributed by atoms with Gasteiger partial charge in [-0.15, -0.1) is 0 Å². The van der Waals surface area contributed by atoms with E-state index >= 15 is 0 Å². The highest BCUT2D eigenvalue weighted by atomic mass is 79.9. The van der Waals surface area contributed by atoms with E-state index in [2.05, 4.69) is 15.9 Å². The Balaban J connectivity index is 1.89. The first-order valence-electron chi connectivity index (χ1n) is 6.41. The van der Waals surface area contributed by atoms with Crippen LogP contribution in [0.5, 0.6) is 5.75 Å². The third-order valence-electron chi connectivity index (χ3n) is 3.45. The van der Waals surface area contributed by atoms with E-state index in [0.29, 0.717) is 6.54 Å². The molecule has 17 heavy (non-hydrogen) atoms. The first kappa shape index (κ1) is 12.9. The van der Waals surface area contributed by atoms with Crippen LogP contribution in [0.25, 0.3) is 0 Å². The molecular weight excluding hydrogens is 278 g/mol. The van der Waals surface area contributed by atoms with Crippen molar-refractivity contribution in [1.82, 2.24) is 0 Å². The Morgan fingerprint density at radius 1 is 1.24 bits per heavy atom. The van der Waals surface area contributed by atoms with Crippen molar-refractivity contribution in [2.75, 3.05) is 6.61 Å². The lowest BCUT2D eigenvalue weighted by Crippen LogP contribution is -2.15. The minimum Gasteiger partial charge on any atom is -0.493 e. The fourth-order valence-corrected chi connectivity index (χ4v) is 2.77. The summed E-state index contributed by atoms with van der Waals surface area (Å²) in [5.41, 5.74) is 6.78. The average molecular weight is 298 g/mol. The van der Waals surface area contributed by atoms with Crippen molar-refractivity contribution in [2.45, 2.75) is 38.6 Å². The smallest absolute Gasteiger partial charge is 0.119 e. The molecule has 0 amide bonds. The maximum absolute atomic E-state index is 5.87. The third kappa shape index (κ3) is 3.71. The Bertz CT molecular complexity index is 361. The fraction of sp³-hybridized carbons (Fsp3) is 0.571. The quantitative estimate of drug-likeness (QED) is 0.916. The third-order valence-corrected chi connectivity index (χ3v) is 4.22. The van der Waals surface area contributed by atoms with Crippen LogP contribution in [0.3, 0.4) is 0 Å². The summed E-state index contributed by atoms with van der Waals surface area (Å²) in [6, 6.07) is 6.05. The minimum absolute atomic E-state index is 0.543. The first-order valence-corrected chi connectivity index (χ1v) is 7.20. The molecule has 1 aromatic rings. The second kappa shape index (κ2) is 6.41. The molecule has 0 aliphatic heterocycles. The molecule has 2 rings (SSSR count). The highest BCUT2D eigenvalue weighted by Crippen LogP contribution is 2.26. The number of nitrogens with two attached hydrogens (primary N) is 1. The SMILES string of the molecule is NCc1cc(OCC2CCCCC2)ccc1Br. The van der Waals surface area contributed by atoms with Gasteiger partial charge in [-0.05, 0) is 42.5 Å². The number of ether oxygens (including phenoxy) is 1. The van der Waals surface area contributed by atoms with Crippen LogP contribution in [0.4, 0.5) is 0 Å².